The quantitative estimate of drug-likeness (QED) is 0.908. The van der Waals surface area contributed by atoms with Crippen LogP contribution in [0.25, 0.3) is 0 Å². The Kier molecular flexibility index (Phi) is 4.80. The van der Waals surface area contributed by atoms with Crippen molar-refractivity contribution in [1.29, 1.82) is 0 Å². The summed E-state index contributed by atoms with van der Waals surface area (Å²) >= 11 is 0. The van der Waals surface area contributed by atoms with Crippen molar-refractivity contribution < 1.29 is 13.6 Å². The van der Waals surface area contributed by atoms with Crippen molar-refractivity contribution in [2.24, 2.45) is 0 Å². The third-order valence-corrected chi connectivity index (χ3v) is 4.90. The van der Waals surface area contributed by atoms with E-state index >= 15 is 0 Å². The number of hydrogen-bond acceptors (Lipinski definition) is 2. The lowest BCUT2D eigenvalue weighted by Gasteiger charge is -2.44. The minimum absolute atomic E-state index is 0.0860. The van der Waals surface area contributed by atoms with Crippen LogP contribution in [0.4, 0.5) is 13.6 Å². The normalized spacial score (nSPS) is 23.3. The van der Waals surface area contributed by atoms with E-state index in [2.05, 4.69) is 10.2 Å². The lowest BCUT2D eigenvalue weighted by Crippen LogP contribution is -2.58. The fourth-order valence-corrected chi connectivity index (χ4v) is 3.61. The highest BCUT2D eigenvalue weighted by atomic mass is 19.1. The topological polar surface area (TPSA) is 35.6 Å². The molecule has 0 spiro atoms. The van der Waals surface area contributed by atoms with Gasteiger partial charge in [0.25, 0.3) is 0 Å². The largest absolute Gasteiger partial charge is 0.331 e. The van der Waals surface area contributed by atoms with Gasteiger partial charge in [0.2, 0.25) is 0 Å². The van der Waals surface area contributed by atoms with Crippen LogP contribution in [-0.2, 0) is 0 Å². The van der Waals surface area contributed by atoms with Crippen LogP contribution in [0.1, 0.15) is 37.8 Å². The summed E-state index contributed by atoms with van der Waals surface area (Å²) in [6.07, 6.45) is 3.54. The molecule has 0 aliphatic carbocycles. The highest BCUT2D eigenvalue weighted by molar-refractivity contribution is 5.75. The van der Waals surface area contributed by atoms with Crippen molar-refractivity contribution in [2.75, 3.05) is 26.2 Å². The Balaban J connectivity index is 1.62. The van der Waals surface area contributed by atoms with E-state index < -0.39 is 17.7 Å². The zero-order valence-electron chi connectivity index (χ0n) is 13.4. The number of nitrogens with one attached hydrogen (secondary N) is 1. The minimum atomic E-state index is -0.701. The molecule has 6 heteroatoms. The average Bonchev–Trinajstić information content (AvgIpc) is 2.54. The van der Waals surface area contributed by atoms with Crippen LogP contribution in [0.2, 0.25) is 0 Å². The van der Waals surface area contributed by atoms with Gasteiger partial charge < -0.3 is 10.2 Å². The molecular formula is C17H23F2N3O. The van der Waals surface area contributed by atoms with Crippen molar-refractivity contribution in [3.05, 3.63) is 35.4 Å². The maximum absolute atomic E-state index is 13.8. The molecule has 0 bridgehead atoms. The van der Waals surface area contributed by atoms with Gasteiger partial charge >= 0.3 is 6.03 Å². The van der Waals surface area contributed by atoms with Crippen LogP contribution in [0, 0.1) is 11.6 Å². The van der Waals surface area contributed by atoms with Crippen molar-refractivity contribution >= 4 is 6.03 Å². The Morgan fingerprint density at radius 2 is 1.96 bits per heavy atom. The Hall–Kier alpha value is -1.69. The second-order valence-electron chi connectivity index (χ2n) is 6.44. The molecule has 0 aromatic heterocycles. The molecule has 3 rings (SSSR count). The van der Waals surface area contributed by atoms with Gasteiger partial charge in [0.05, 0.1) is 6.04 Å². The Labute approximate surface area is 135 Å². The first-order valence-corrected chi connectivity index (χ1v) is 8.29. The van der Waals surface area contributed by atoms with Gasteiger partial charge in [-0.1, -0.05) is 12.5 Å². The number of nitrogens with zero attached hydrogens (tertiary/aromatic N) is 2. The van der Waals surface area contributed by atoms with E-state index in [0.717, 1.165) is 19.5 Å². The number of rotatable bonds is 2. The summed E-state index contributed by atoms with van der Waals surface area (Å²) in [6, 6.07) is 3.22. The summed E-state index contributed by atoms with van der Waals surface area (Å²) in [4.78, 5) is 16.6. The molecule has 2 saturated heterocycles. The number of piperidine rings is 1. The number of hydrogen-bond donors (Lipinski definition) is 1. The summed E-state index contributed by atoms with van der Waals surface area (Å²) in [5.74, 6) is -1.26. The van der Waals surface area contributed by atoms with Gasteiger partial charge in [0.15, 0.2) is 0 Å². The maximum atomic E-state index is 13.8. The van der Waals surface area contributed by atoms with E-state index in [1.165, 1.54) is 31.0 Å². The molecule has 2 aliphatic rings. The van der Waals surface area contributed by atoms with Crippen molar-refractivity contribution in [3.63, 3.8) is 0 Å². The number of urea groups is 1. The number of benzene rings is 1. The molecule has 1 aromatic carbocycles. The Morgan fingerprint density at radius 3 is 2.70 bits per heavy atom. The number of carbonyl (C=O) groups is 1. The van der Waals surface area contributed by atoms with Gasteiger partial charge in [-0.25, -0.2) is 13.6 Å². The van der Waals surface area contributed by atoms with Gasteiger partial charge in [0, 0.05) is 31.2 Å². The average molecular weight is 323 g/mol. The Bertz CT molecular complexity index is 561. The van der Waals surface area contributed by atoms with E-state index in [9.17, 15) is 13.6 Å². The third kappa shape index (κ3) is 3.47. The smallest absolute Gasteiger partial charge is 0.317 e. The van der Waals surface area contributed by atoms with Gasteiger partial charge in [0.1, 0.15) is 11.6 Å². The molecule has 0 saturated carbocycles. The molecule has 2 unspecified atom stereocenters. The van der Waals surface area contributed by atoms with Crippen LogP contribution < -0.4 is 5.32 Å². The summed E-state index contributed by atoms with van der Waals surface area (Å²) < 4.78 is 27.6. The number of halogens is 2. The number of fused-ring (bicyclic) bond motifs is 1. The first-order valence-electron chi connectivity index (χ1n) is 8.29. The van der Waals surface area contributed by atoms with Crippen molar-refractivity contribution in [2.45, 2.75) is 38.3 Å². The molecule has 0 radical (unpaired) electrons. The van der Waals surface area contributed by atoms with Gasteiger partial charge in [-0.3, -0.25) is 4.90 Å². The zero-order chi connectivity index (χ0) is 16.4. The van der Waals surface area contributed by atoms with E-state index in [1.807, 2.05) is 0 Å². The molecule has 2 heterocycles. The molecular weight excluding hydrogens is 300 g/mol. The lowest BCUT2D eigenvalue weighted by atomic mass is 10.00. The SMILES string of the molecule is CC(NC(=O)N1CCN2CCCCC2C1)c1c(F)cccc1F. The second-order valence-corrected chi connectivity index (χ2v) is 6.44. The molecule has 1 N–H and O–H groups in total. The number of amides is 2. The minimum Gasteiger partial charge on any atom is -0.331 e. The Morgan fingerprint density at radius 1 is 1.22 bits per heavy atom. The summed E-state index contributed by atoms with van der Waals surface area (Å²) in [6.45, 7) is 4.95. The standard InChI is InChI=1S/C17H23F2N3O/c1-12(16-14(18)6-4-7-15(16)19)20-17(23)22-10-9-21-8-3-2-5-13(21)11-22/h4,6-7,12-13H,2-3,5,8-11H2,1H3,(H,20,23). The number of carbonyl (C=O) groups excluding carboxylic acids is 1. The molecule has 126 valence electrons. The molecule has 4 nitrogen and oxygen atoms in total. The molecule has 2 atom stereocenters. The van der Waals surface area contributed by atoms with Gasteiger partial charge in [-0.15, -0.1) is 0 Å². The third-order valence-electron chi connectivity index (χ3n) is 4.90. The van der Waals surface area contributed by atoms with Gasteiger partial charge in [-0.2, -0.15) is 0 Å². The van der Waals surface area contributed by atoms with Crippen LogP contribution in [-0.4, -0.2) is 48.1 Å². The monoisotopic (exact) mass is 323 g/mol. The summed E-state index contributed by atoms with van der Waals surface area (Å²) in [5, 5.41) is 2.73. The molecule has 23 heavy (non-hydrogen) atoms. The fourth-order valence-electron chi connectivity index (χ4n) is 3.61. The molecule has 2 aliphatic heterocycles. The highest BCUT2D eigenvalue weighted by Crippen LogP contribution is 2.23. The van der Waals surface area contributed by atoms with E-state index in [4.69, 9.17) is 0 Å². The van der Waals surface area contributed by atoms with Crippen molar-refractivity contribution in [1.82, 2.24) is 15.1 Å². The number of piperazine rings is 1. The van der Waals surface area contributed by atoms with Crippen LogP contribution in [0.5, 0.6) is 0 Å². The zero-order valence-corrected chi connectivity index (χ0v) is 13.4. The predicted molar refractivity (Wildman–Crippen MR) is 84.1 cm³/mol. The first kappa shape index (κ1) is 16.2. The van der Waals surface area contributed by atoms with E-state index in [1.54, 1.807) is 11.8 Å². The molecule has 1 aromatic rings. The maximum Gasteiger partial charge on any atom is 0.317 e. The van der Waals surface area contributed by atoms with Crippen LogP contribution in [0.3, 0.4) is 0 Å². The van der Waals surface area contributed by atoms with Crippen LogP contribution >= 0.6 is 0 Å². The van der Waals surface area contributed by atoms with Gasteiger partial charge in [-0.05, 0) is 38.4 Å². The summed E-state index contributed by atoms with van der Waals surface area (Å²) in [7, 11) is 0. The first-order chi connectivity index (χ1) is 11.1. The van der Waals surface area contributed by atoms with Crippen LogP contribution in [0.15, 0.2) is 18.2 Å². The highest BCUT2D eigenvalue weighted by Gasteiger charge is 2.31. The lowest BCUT2D eigenvalue weighted by molar-refractivity contribution is 0.0636. The van der Waals surface area contributed by atoms with Crippen molar-refractivity contribution in [3.8, 4) is 0 Å². The van der Waals surface area contributed by atoms with E-state index in [-0.39, 0.29) is 11.6 Å². The second kappa shape index (κ2) is 6.83. The molecule has 2 amide bonds. The summed E-state index contributed by atoms with van der Waals surface area (Å²) in [5.41, 5.74) is -0.0860. The fraction of sp³-hybridized carbons (Fsp3) is 0.588. The molecule has 2 fully saturated rings. The predicted octanol–water partition coefficient (Wildman–Crippen LogP) is 2.91. The van der Waals surface area contributed by atoms with E-state index in [0.29, 0.717) is 19.1 Å².